The lowest BCUT2D eigenvalue weighted by Crippen LogP contribution is -1.72. The van der Waals surface area contributed by atoms with Crippen LogP contribution in [0.3, 0.4) is 0 Å². The highest BCUT2D eigenvalue weighted by atomic mass is 32.1. The van der Waals surface area contributed by atoms with Gasteiger partial charge in [-0.25, -0.2) is 4.98 Å². The van der Waals surface area contributed by atoms with Crippen LogP contribution in [-0.2, 0) is 0 Å². The highest BCUT2D eigenvalue weighted by molar-refractivity contribution is 7.16. The Morgan fingerprint density at radius 1 is 1.55 bits per heavy atom. The molecule has 0 atom stereocenters. The first-order valence-electron chi connectivity index (χ1n) is 3.06. The summed E-state index contributed by atoms with van der Waals surface area (Å²) in [5.74, 6) is 0. The maximum absolute atomic E-state index is 8.54. The SMILES string of the molecule is N#Cc1[c]c2scnc2cc1. The number of aromatic nitrogens is 1. The lowest BCUT2D eigenvalue weighted by atomic mass is 10.2. The van der Waals surface area contributed by atoms with Crippen LogP contribution in [0.15, 0.2) is 17.6 Å². The van der Waals surface area contributed by atoms with Crippen molar-refractivity contribution in [2.75, 3.05) is 0 Å². The van der Waals surface area contributed by atoms with Gasteiger partial charge in [0.15, 0.2) is 0 Å². The van der Waals surface area contributed by atoms with E-state index in [0.29, 0.717) is 5.56 Å². The van der Waals surface area contributed by atoms with Gasteiger partial charge in [-0.3, -0.25) is 0 Å². The summed E-state index contributed by atoms with van der Waals surface area (Å²) in [6.45, 7) is 0. The molecule has 0 spiro atoms. The van der Waals surface area contributed by atoms with E-state index in [4.69, 9.17) is 5.26 Å². The smallest absolute Gasteiger partial charge is 0.0998 e. The van der Waals surface area contributed by atoms with Crippen molar-refractivity contribution < 1.29 is 0 Å². The van der Waals surface area contributed by atoms with Gasteiger partial charge in [-0.05, 0) is 12.1 Å². The van der Waals surface area contributed by atoms with Crippen molar-refractivity contribution in [3.8, 4) is 6.07 Å². The molecule has 2 nitrogen and oxygen atoms in total. The number of hydrogen-bond donors (Lipinski definition) is 0. The fourth-order valence-electron chi connectivity index (χ4n) is 0.859. The molecule has 1 aromatic carbocycles. The molecule has 1 aromatic heterocycles. The van der Waals surface area contributed by atoms with Crippen LogP contribution in [0.25, 0.3) is 10.2 Å². The van der Waals surface area contributed by atoms with Crippen LogP contribution in [0.5, 0.6) is 0 Å². The summed E-state index contributed by atoms with van der Waals surface area (Å²) in [4.78, 5) is 4.07. The molecule has 0 bridgehead atoms. The third-order valence-corrected chi connectivity index (χ3v) is 2.13. The first-order valence-corrected chi connectivity index (χ1v) is 3.94. The minimum Gasteiger partial charge on any atom is -0.245 e. The number of thiazole rings is 1. The quantitative estimate of drug-likeness (QED) is 0.589. The van der Waals surface area contributed by atoms with Gasteiger partial charge < -0.3 is 0 Å². The molecular weight excluding hydrogens is 156 g/mol. The van der Waals surface area contributed by atoms with Gasteiger partial charge in [0.2, 0.25) is 0 Å². The number of benzene rings is 1. The summed E-state index contributed by atoms with van der Waals surface area (Å²) < 4.78 is 0.948. The average Bonchev–Trinajstić information content (AvgIpc) is 2.50. The van der Waals surface area contributed by atoms with E-state index in [0.717, 1.165) is 10.2 Å². The van der Waals surface area contributed by atoms with Crippen molar-refractivity contribution in [2.45, 2.75) is 0 Å². The molecule has 2 rings (SSSR count). The average molecular weight is 159 g/mol. The summed E-state index contributed by atoms with van der Waals surface area (Å²) in [5, 5.41) is 8.54. The Balaban J connectivity index is 2.79. The lowest BCUT2D eigenvalue weighted by Gasteiger charge is -1.85. The first-order chi connectivity index (χ1) is 5.40. The molecule has 0 saturated carbocycles. The maximum atomic E-state index is 8.54. The van der Waals surface area contributed by atoms with Gasteiger partial charge >= 0.3 is 0 Å². The van der Waals surface area contributed by atoms with Crippen molar-refractivity contribution in [2.24, 2.45) is 0 Å². The van der Waals surface area contributed by atoms with E-state index in [1.165, 1.54) is 11.3 Å². The Hall–Kier alpha value is -1.40. The number of hydrogen-bond acceptors (Lipinski definition) is 3. The second kappa shape index (κ2) is 2.33. The van der Waals surface area contributed by atoms with Gasteiger partial charge in [0.25, 0.3) is 0 Å². The summed E-state index contributed by atoms with van der Waals surface area (Å²) in [6, 6.07) is 8.54. The fraction of sp³-hybridized carbons (Fsp3) is 0. The molecule has 0 aliphatic heterocycles. The molecule has 0 fully saturated rings. The zero-order chi connectivity index (χ0) is 7.68. The summed E-state index contributed by atoms with van der Waals surface area (Å²) in [5.41, 5.74) is 3.23. The number of rotatable bonds is 0. The first kappa shape index (κ1) is 6.32. The molecule has 0 N–H and O–H groups in total. The van der Waals surface area contributed by atoms with Crippen molar-refractivity contribution in [3.05, 3.63) is 29.3 Å². The predicted molar refractivity (Wildman–Crippen MR) is 43.2 cm³/mol. The molecule has 11 heavy (non-hydrogen) atoms. The van der Waals surface area contributed by atoms with Crippen LogP contribution in [0.4, 0.5) is 0 Å². The van der Waals surface area contributed by atoms with Crippen LogP contribution in [-0.4, -0.2) is 4.98 Å². The zero-order valence-electron chi connectivity index (χ0n) is 5.53. The van der Waals surface area contributed by atoms with E-state index in [-0.39, 0.29) is 0 Å². The van der Waals surface area contributed by atoms with E-state index < -0.39 is 0 Å². The van der Waals surface area contributed by atoms with E-state index in [1.807, 2.05) is 12.1 Å². The monoisotopic (exact) mass is 159 g/mol. The van der Waals surface area contributed by atoms with Gasteiger partial charge in [0.05, 0.1) is 27.4 Å². The Bertz CT molecular complexity index is 425. The highest BCUT2D eigenvalue weighted by Crippen LogP contribution is 2.17. The van der Waals surface area contributed by atoms with E-state index >= 15 is 0 Å². The largest absolute Gasteiger partial charge is 0.245 e. The number of fused-ring (bicyclic) bond motifs is 1. The molecule has 1 heterocycles. The second-order valence-electron chi connectivity index (χ2n) is 2.05. The summed E-state index contributed by atoms with van der Waals surface area (Å²) >= 11 is 1.50. The minimum absolute atomic E-state index is 0.571. The molecule has 0 amide bonds. The third kappa shape index (κ3) is 0.975. The molecule has 0 aliphatic carbocycles. The Labute approximate surface area is 67.7 Å². The van der Waals surface area contributed by atoms with Gasteiger partial charge in [-0.2, -0.15) is 5.26 Å². The van der Waals surface area contributed by atoms with Gasteiger partial charge in [0, 0.05) is 6.07 Å². The maximum Gasteiger partial charge on any atom is 0.0998 e. The molecular formula is C8H3N2S. The predicted octanol–water partition coefficient (Wildman–Crippen LogP) is 1.97. The lowest BCUT2D eigenvalue weighted by molar-refractivity contribution is 1.47. The normalized spacial score (nSPS) is 9.73. The Morgan fingerprint density at radius 2 is 2.45 bits per heavy atom. The van der Waals surface area contributed by atoms with Gasteiger partial charge in [0.1, 0.15) is 0 Å². The molecule has 51 valence electrons. The van der Waals surface area contributed by atoms with Gasteiger partial charge in [-0.1, -0.05) is 0 Å². The van der Waals surface area contributed by atoms with Crippen LogP contribution in [0, 0.1) is 17.4 Å². The minimum atomic E-state index is 0.571. The molecule has 1 radical (unpaired) electrons. The second-order valence-corrected chi connectivity index (χ2v) is 2.91. The van der Waals surface area contributed by atoms with Crippen LogP contribution in [0.1, 0.15) is 5.56 Å². The van der Waals surface area contributed by atoms with Crippen LogP contribution < -0.4 is 0 Å². The molecule has 0 aliphatic rings. The Morgan fingerprint density at radius 3 is 3.27 bits per heavy atom. The molecule has 3 heteroatoms. The third-order valence-electron chi connectivity index (χ3n) is 1.37. The topological polar surface area (TPSA) is 36.7 Å². The van der Waals surface area contributed by atoms with Crippen LogP contribution in [0.2, 0.25) is 0 Å². The van der Waals surface area contributed by atoms with Crippen molar-refractivity contribution in [1.29, 1.82) is 5.26 Å². The Kier molecular flexibility index (Phi) is 1.34. The number of nitrogens with zero attached hydrogens (tertiary/aromatic N) is 2. The molecule has 0 unspecified atom stereocenters. The number of nitriles is 1. The summed E-state index contributed by atoms with van der Waals surface area (Å²) in [6.07, 6.45) is 0. The zero-order valence-corrected chi connectivity index (χ0v) is 6.35. The van der Waals surface area contributed by atoms with E-state index in [2.05, 4.69) is 11.1 Å². The van der Waals surface area contributed by atoms with Crippen molar-refractivity contribution in [3.63, 3.8) is 0 Å². The van der Waals surface area contributed by atoms with Crippen molar-refractivity contribution in [1.82, 2.24) is 4.98 Å². The van der Waals surface area contributed by atoms with Gasteiger partial charge in [-0.15, -0.1) is 11.3 Å². The highest BCUT2D eigenvalue weighted by Gasteiger charge is 1.96. The summed E-state index contributed by atoms with van der Waals surface area (Å²) in [7, 11) is 0. The van der Waals surface area contributed by atoms with E-state index in [9.17, 15) is 0 Å². The van der Waals surface area contributed by atoms with Crippen molar-refractivity contribution >= 4 is 21.6 Å². The fourth-order valence-corrected chi connectivity index (χ4v) is 1.54. The standard InChI is InChI=1S/C8H3N2S/c9-4-6-1-2-7-8(3-6)11-5-10-7/h1-2,5H. The molecule has 0 saturated heterocycles. The molecule has 2 aromatic rings. The van der Waals surface area contributed by atoms with Crippen LogP contribution >= 0.6 is 11.3 Å². The van der Waals surface area contributed by atoms with E-state index in [1.54, 1.807) is 11.6 Å².